The Labute approximate surface area is 166 Å². The molecule has 29 heavy (non-hydrogen) atoms. The number of carbonyl (C=O) groups excluding carboxylic acids is 2. The normalized spacial score (nSPS) is 15.8. The number of hydrogen-bond donors (Lipinski definition) is 1. The molecule has 1 aliphatic heterocycles. The van der Waals surface area contributed by atoms with Crippen molar-refractivity contribution in [2.24, 2.45) is 0 Å². The molecule has 0 aromatic heterocycles. The van der Waals surface area contributed by atoms with Gasteiger partial charge in [-0.05, 0) is 55.8 Å². The van der Waals surface area contributed by atoms with Crippen molar-refractivity contribution in [3.63, 3.8) is 0 Å². The molecule has 0 saturated carbocycles. The fourth-order valence-electron chi connectivity index (χ4n) is 3.10. The average Bonchev–Trinajstić information content (AvgIpc) is 2.98. The van der Waals surface area contributed by atoms with Crippen LogP contribution in [0.1, 0.15) is 25.0 Å². The first-order valence-electron chi connectivity index (χ1n) is 9.14. The lowest BCUT2D eigenvalue weighted by Gasteiger charge is -2.20. The molecule has 1 N–H and O–H groups in total. The molecule has 1 aliphatic rings. The van der Waals surface area contributed by atoms with E-state index in [0.717, 1.165) is 35.9 Å². The molecule has 1 heterocycles. The van der Waals surface area contributed by atoms with Gasteiger partial charge in [-0.25, -0.2) is 5.01 Å². The van der Waals surface area contributed by atoms with E-state index in [1.54, 1.807) is 12.1 Å². The predicted octanol–water partition coefficient (Wildman–Crippen LogP) is 4.01. The lowest BCUT2D eigenvalue weighted by Crippen LogP contribution is -2.35. The minimum atomic E-state index is -4.55. The molecule has 152 valence electrons. The molecular formula is C21H20F3N3O2. The summed E-state index contributed by atoms with van der Waals surface area (Å²) in [6, 6.07) is 11.6. The van der Waals surface area contributed by atoms with Crippen molar-refractivity contribution < 1.29 is 22.8 Å². The highest BCUT2D eigenvalue weighted by molar-refractivity contribution is 6.31. The van der Waals surface area contributed by atoms with E-state index in [-0.39, 0.29) is 11.3 Å². The highest BCUT2D eigenvalue weighted by Crippen LogP contribution is 2.32. The first-order chi connectivity index (χ1) is 13.7. The molecule has 0 unspecified atom stereocenters. The number of alkyl halides is 3. The molecule has 2 amide bonds. The average molecular weight is 403 g/mol. The number of halogens is 3. The molecule has 3 rings (SSSR count). The van der Waals surface area contributed by atoms with Gasteiger partial charge in [0.25, 0.3) is 11.8 Å². The van der Waals surface area contributed by atoms with Gasteiger partial charge >= 0.3 is 6.18 Å². The van der Waals surface area contributed by atoms with Crippen molar-refractivity contribution in [3.05, 3.63) is 65.2 Å². The van der Waals surface area contributed by atoms with Crippen LogP contribution in [0.4, 0.5) is 24.5 Å². The van der Waals surface area contributed by atoms with Gasteiger partial charge in [-0.15, -0.1) is 0 Å². The summed E-state index contributed by atoms with van der Waals surface area (Å²) in [7, 11) is 0. The summed E-state index contributed by atoms with van der Waals surface area (Å²) in [5, 5.41) is 0.827. The van der Waals surface area contributed by atoms with Crippen molar-refractivity contribution in [1.29, 1.82) is 0 Å². The van der Waals surface area contributed by atoms with E-state index in [2.05, 4.69) is 10.3 Å². The number of carbonyl (C=O) groups is 2. The zero-order valence-electron chi connectivity index (χ0n) is 16.0. The van der Waals surface area contributed by atoms with Crippen LogP contribution in [0.3, 0.4) is 0 Å². The van der Waals surface area contributed by atoms with Gasteiger partial charge in [-0.1, -0.05) is 18.2 Å². The molecule has 2 aromatic rings. The smallest absolute Gasteiger partial charge is 0.372 e. The fraction of sp³-hybridized carbons (Fsp3) is 0.238. The van der Waals surface area contributed by atoms with Gasteiger partial charge in [-0.3, -0.25) is 15.0 Å². The van der Waals surface area contributed by atoms with E-state index in [1.807, 2.05) is 26.0 Å². The molecular weight excluding hydrogens is 383 g/mol. The van der Waals surface area contributed by atoms with Gasteiger partial charge in [-0.2, -0.15) is 13.2 Å². The monoisotopic (exact) mass is 403 g/mol. The summed E-state index contributed by atoms with van der Waals surface area (Å²) in [5.74, 6) is -1.37. The standard InChI is InChI=1S/C21H20F3N3O2/c1-3-26(4-2)16-10-8-14(9-11-16)12-18-19(28)25-27(20(18)29)17-7-5-6-15(13-17)21(22,23)24/h5-13H,3-4H2,1-2H3,(H,25,28)/b18-12+. The number of hydrazine groups is 1. The Kier molecular flexibility index (Phi) is 5.63. The van der Waals surface area contributed by atoms with Crippen LogP contribution in [0.15, 0.2) is 54.1 Å². The van der Waals surface area contributed by atoms with E-state index in [0.29, 0.717) is 5.56 Å². The Balaban J connectivity index is 1.86. The Morgan fingerprint density at radius 1 is 1.03 bits per heavy atom. The van der Waals surface area contributed by atoms with Crippen LogP contribution in [-0.2, 0) is 15.8 Å². The molecule has 0 atom stereocenters. The van der Waals surface area contributed by atoms with Crippen molar-refractivity contribution >= 4 is 29.3 Å². The Morgan fingerprint density at radius 2 is 1.69 bits per heavy atom. The minimum absolute atomic E-state index is 0.0570. The van der Waals surface area contributed by atoms with Crippen LogP contribution in [0.5, 0.6) is 0 Å². The van der Waals surface area contributed by atoms with Gasteiger partial charge in [0, 0.05) is 18.8 Å². The molecule has 5 nitrogen and oxygen atoms in total. The van der Waals surface area contributed by atoms with Crippen molar-refractivity contribution in [2.45, 2.75) is 20.0 Å². The number of benzene rings is 2. The lowest BCUT2D eigenvalue weighted by atomic mass is 10.1. The quantitative estimate of drug-likeness (QED) is 0.606. The van der Waals surface area contributed by atoms with Crippen molar-refractivity contribution in [2.75, 3.05) is 23.0 Å². The topological polar surface area (TPSA) is 52.7 Å². The van der Waals surface area contributed by atoms with E-state index in [1.165, 1.54) is 18.2 Å². The molecule has 0 radical (unpaired) electrons. The lowest BCUT2D eigenvalue weighted by molar-refractivity contribution is -0.137. The zero-order valence-corrected chi connectivity index (χ0v) is 16.0. The van der Waals surface area contributed by atoms with Gasteiger partial charge in [0.2, 0.25) is 0 Å². The predicted molar refractivity (Wildman–Crippen MR) is 105 cm³/mol. The van der Waals surface area contributed by atoms with Crippen LogP contribution < -0.4 is 15.3 Å². The van der Waals surface area contributed by atoms with Crippen molar-refractivity contribution in [3.8, 4) is 0 Å². The summed E-state index contributed by atoms with van der Waals surface area (Å²) in [5.41, 5.74) is 2.88. The summed E-state index contributed by atoms with van der Waals surface area (Å²) >= 11 is 0. The minimum Gasteiger partial charge on any atom is -0.372 e. The highest BCUT2D eigenvalue weighted by Gasteiger charge is 2.36. The van der Waals surface area contributed by atoms with E-state index >= 15 is 0 Å². The first kappa shape index (κ1) is 20.4. The molecule has 0 spiro atoms. The molecule has 1 saturated heterocycles. The maximum Gasteiger partial charge on any atom is 0.416 e. The Bertz CT molecular complexity index is 948. The maximum atomic E-state index is 12.9. The summed E-state index contributed by atoms with van der Waals surface area (Å²) < 4.78 is 38.8. The highest BCUT2D eigenvalue weighted by atomic mass is 19.4. The number of rotatable bonds is 5. The van der Waals surface area contributed by atoms with E-state index in [4.69, 9.17) is 0 Å². The van der Waals surface area contributed by atoms with E-state index < -0.39 is 23.6 Å². The van der Waals surface area contributed by atoms with E-state index in [9.17, 15) is 22.8 Å². The third kappa shape index (κ3) is 4.26. The number of hydrogen-bond acceptors (Lipinski definition) is 3. The second-order valence-corrected chi connectivity index (χ2v) is 6.45. The van der Waals surface area contributed by atoms with Crippen LogP contribution in [0, 0.1) is 0 Å². The van der Waals surface area contributed by atoms with Crippen LogP contribution in [-0.4, -0.2) is 24.9 Å². The van der Waals surface area contributed by atoms with Crippen LogP contribution >= 0.6 is 0 Å². The van der Waals surface area contributed by atoms with Gasteiger partial charge in [0.1, 0.15) is 5.57 Å². The molecule has 2 aromatic carbocycles. The number of nitrogens with zero attached hydrogens (tertiary/aromatic N) is 2. The number of nitrogens with one attached hydrogen (secondary N) is 1. The summed E-state index contributed by atoms with van der Waals surface area (Å²) in [4.78, 5) is 27.0. The third-order valence-corrected chi connectivity index (χ3v) is 4.66. The van der Waals surface area contributed by atoms with Crippen LogP contribution in [0.2, 0.25) is 0 Å². The second-order valence-electron chi connectivity index (χ2n) is 6.45. The SMILES string of the molecule is CCN(CC)c1ccc(/C=C2\C(=O)NN(c3cccc(C(F)(F)F)c3)C2=O)cc1. The second kappa shape index (κ2) is 7.98. The van der Waals surface area contributed by atoms with Gasteiger partial charge in [0.15, 0.2) is 0 Å². The third-order valence-electron chi connectivity index (χ3n) is 4.66. The molecule has 0 bridgehead atoms. The molecule has 0 aliphatic carbocycles. The Morgan fingerprint density at radius 3 is 2.28 bits per heavy atom. The number of anilines is 2. The molecule has 8 heteroatoms. The summed E-state index contributed by atoms with van der Waals surface area (Å²) in [6.45, 7) is 5.79. The molecule has 1 fully saturated rings. The largest absolute Gasteiger partial charge is 0.416 e. The van der Waals surface area contributed by atoms with Gasteiger partial charge < -0.3 is 4.90 Å². The van der Waals surface area contributed by atoms with Crippen LogP contribution in [0.25, 0.3) is 6.08 Å². The zero-order chi connectivity index (χ0) is 21.2. The summed E-state index contributed by atoms with van der Waals surface area (Å²) in [6.07, 6.45) is -3.12. The number of amides is 2. The Hall–Kier alpha value is -3.29. The first-order valence-corrected chi connectivity index (χ1v) is 9.14. The van der Waals surface area contributed by atoms with Crippen molar-refractivity contribution in [1.82, 2.24) is 5.43 Å². The van der Waals surface area contributed by atoms with Gasteiger partial charge in [0.05, 0.1) is 11.3 Å². The maximum absolute atomic E-state index is 12.9. The fourth-order valence-corrected chi connectivity index (χ4v) is 3.10.